The van der Waals surface area contributed by atoms with Crippen LogP contribution in [-0.2, 0) is 6.42 Å². The number of rotatable bonds is 4. The Morgan fingerprint density at radius 2 is 2.00 bits per heavy atom. The van der Waals surface area contributed by atoms with Gasteiger partial charge in [0.05, 0.1) is 17.4 Å². The molecule has 0 saturated heterocycles. The van der Waals surface area contributed by atoms with Crippen molar-refractivity contribution in [2.24, 2.45) is 0 Å². The molecule has 0 bridgehead atoms. The molecule has 7 heteroatoms. The Hall–Kier alpha value is -1.49. The Kier molecular flexibility index (Phi) is 5.28. The monoisotopic (exact) mass is 343 g/mol. The van der Waals surface area contributed by atoms with E-state index in [1.807, 2.05) is 6.07 Å². The molecule has 110 valence electrons. The van der Waals surface area contributed by atoms with Gasteiger partial charge in [-0.1, -0.05) is 40.9 Å². The lowest BCUT2D eigenvalue weighted by atomic mass is 10.1. The van der Waals surface area contributed by atoms with Crippen LogP contribution in [0.25, 0.3) is 0 Å². The van der Waals surface area contributed by atoms with Crippen molar-refractivity contribution in [3.63, 3.8) is 0 Å². The minimum absolute atomic E-state index is 0.218. The molecule has 0 fully saturated rings. The molecule has 0 aliphatic carbocycles. The molecule has 21 heavy (non-hydrogen) atoms. The number of nitrogens with zero attached hydrogens (tertiary/aromatic N) is 1. The van der Waals surface area contributed by atoms with E-state index in [-0.39, 0.29) is 16.7 Å². The highest BCUT2D eigenvalue weighted by molar-refractivity contribution is 6.35. The number of carbonyl (C=O) groups excluding carboxylic acids is 1. The van der Waals surface area contributed by atoms with Crippen LogP contribution < -0.4 is 11.1 Å². The maximum absolute atomic E-state index is 12.0. The van der Waals surface area contributed by atoms with Crippen LogP contribution in [0, 0.1) is 0 Å². The third-order valence-corrected chi connectivity index (χ3v) is 3.63. The molecule has 0 atom stereocenters. The lowest BCUT2D eigenvalue weighted by Gasteiger charge is -2.08. The Morgan fingerprint density at radius 3 is 2.71 bits per heavy atom. The van der Waals surface area contributed by atoms with Gasteiger partial charge in [-0.05, 0) is 30.2 Å². The fraction of sp³-hybridized carbons (Fsp3) is 0.143. The summed E-state index contributed by atoms with van der Waals surface area (Å²) in [6, 6.07) is 6.68. The molecule has 1 aromatic carbocycles. The first-order valence-corrected chi connectivity index (χ1v) is 7.24. The first kappa shape index (κ1) is 15.9. The van der Waals surface area contributed by atoms with Gasteiger partial charge < -0.3 is 11.1 Å². The number of hydrogen-bond donors (Lipinski definition) is 2. The van der Waals surface area contributed by atoms with Gasteiger partial charge in [-0.2, -0.15) is 0 Å². The number of pyridine rings is 1. The number of halogens is 3. The third kappa shape index (κ3) is 4.24. The number of benzene rings is 1. The highest BCUT2D eigenvalue weighted by Crippen LogP contribution is 2.21. The molecule has 0 radical (unpaired) electrons. The molecule has 0 saturated carbocycles. The first-order chi connectivity index (χ1) is 9.97. The predicted molar refractivity (Wildman–Crippen MR) is 86.2 cm³/mol. The minimum Gasteiger partial charge on any atom is -0.397 e. The molecule has 4 nitrogen and oxygen atoms in total. The lowest BCUT2D eigenvalue weighted by molar-refractivity contribution is 0.0955. The summed E-state index contributed by atoms with van der Waals surface area (Å²) in [5.41, 5.74) is 7.18. The lowest BCUT2D eigenvalue weighted by Crippen LogP contribution is -2.26. The summed E-state index contributed by atoms with van der Waals surface area (Å²) in [7, 11) is 0. The number of carbonyl (C=O) groups is 1. The molecule has 3 N–H and O–H groups in total. The van der Waals surface area contributed by atoms with Crippen LogP contribution in [0.5, 0.6) is 0 Å². The van der Waals surface area contributed by atoms with Gasteiger partial charge in [0.2, 0.25) is 0 Å². The van der Waals surface area contributed by atoms with Crippen molar-refractivity contribution in [3.05, 3.63) is 56.8 Å². The van der Waals surface area contributed by atoms with Crippen molar-refractivity contribution in [2.75, 3.05) is 12.3 Å². The second-order valence-electron chi connectivity index (χ2n) is 4.34. The van der Waals surface area contributed by atoms with Gasteiger partial charge in [-0.25, -0.2) is 4.98 Å². The molecule has 2 rings (SSSR count). The minimum atomic E-state index is -0.304. The summed E-state index contributed by atoms with van der Waals surface area (Å²) < 4.78 is 0. The number of amides is 1. The van der Waals surface area contributed by atoms with Crippen molar-refractivity contribution < 1.29 is 4.79 Å². The van der Waals surface area contributed by atoms with Crippen LogP contribution in [-0.4, -0.2) is 17.4 Å². The van der Waals surface area contributed by atoms with E-state index in [1.165, 1.54) is 12.3 Å². The summed E-state index contributed by atoms with van der Waals surface area (Å²) in [5.74, 6) is -0.304. The zero-order valence-corrected chi connectivity index (χ0v) is 13.1. The average molecular weight is 345 g/mol. The maximum Gasteiger partial charge on any atom is 0.253 e. The molecule has 1 heterocycles. The third-order valence-electron chi connectivity index (χ3n) is 2.84. The SMILES string of the molecule is Nc1cnc(Cl)cc1C(=O)NCCc1ccc(Cl)cc1Cl. The molecule has 0 aliphatic rings. The van der Waals surface area contributed by atoms with E-state index in [9.17, 15) is 4.79 Å². The molecular weight excluding hydrogens is 333 g/mol. The molecule has 0 spiro atoms. The highest BCUT2D eigenvalue weighted by Gasteiger charge is 2.11. The molecule has 1 amide bonds. The van der Waals surface area contributed by atoms with E-state index < -0.39 is 0 Å². The molecule has 0 unspecified atom stereocenters. The van der Waals surface area contributed by atoms with Gasteiger partial charge in [-0.15, -0.1) is 0 Å². The number of anilines is 1. The largest absolute Gasteiger partial charge is 0.397 e. The summed E-state index contributed by atoms with van der Waals surface area (Å²) in [4.78, 5) is 15.8. The fourth-order valence-corrected chi connectivity index (χ4v) is 2.43. The van der Waals surface area contributed by atoms with Gasteiger partial charge >= 0.3 is 0 Å². The van der Waals surface area contributed by atoms with Crippen LogP contribution in [0.2, 0.25) is 15.2 Å². The van der Waals surface area contributed by atoms with Crippen molar-refractivity contribution in [2.45, 2.75) is 6.42 Å². The number of nitrogens with two attached hydrogens (primary N) is 1. The van der Waals surface area contributed by atoms with Crippen LogP contribution >= 0.6 is 34.8 Å². The van der Waals surface area contributed by atoms with Crippen molar-refractivity contribution in [1.29, 1.82) is 0 Å². The van der Waals surface area contributed by atoms with Crippen LogP contribution in [0.4, 0.5) is 5.69 Å². The van der Waals surface area contributed by atoms with Crippen molar-refractivity contribution in [3.8, 4) is 0 Å². The zero-order valence-electron chi connectivity index (χ0n) is 10.9. The number of hydrogen-bond acceptors (Lipinski definition) is 3. The van der Waals surface area contributed by atoms with Gasteiger partial charge in [0.15, 0.2) is 0 Å². The number of nitrogen functional groups attached to an aromatic ring is 1. The maximum atomic E-state index is 12.0. The van der Waals surface area contributed by atoms with Gasteiger partial charge in [0.1, 0.15) is 5.15 Å². The van der Waals surface area contributed by atoms with Crippen molar-refractivity contribution >= 4 is 46.4 Å². The standard InChI is InChI=1S/C14H12Cl3N3O/c15-9-2-1-8(11(16)5-9)3-4-19-14(21)10-6-13(17)20-7-12(10)18/h1-2,5-7H,3-4,18H2,(H,19,21). The second kappa shape index (κ2) is 6.98. The van der Waals surface area contributed by atoms with E-state index in [0.29, 0.717) is 28.6 Å². The second-order valence-corrected chi connectivity index (χ2v) is 5.57. The smallest absolute Gasteiger partial charge is 0.253 e. The number of aromatic nitrogens is 1. The summed E-state index contributed by atoms with van der Waals surface area (Å²) in [6.45, 7) is 0.416. The summed E-state index contributed by atoms with van der Waals surface area (Å²) in [6.07, 6.45) is 1.94. The van der Waals surface area contributed by atoms with E-state index in [4.69, 9.17) is 40.5 Å². The molecule has 0 aliphatic heterocycles. The Bertz CT molecular complexity index is 677. The van der Waals surface area contributed by atoms with Crippen LogP contribution in [0.15, 0.2) is 30.5 Å². The molecular formula is C14H12Cl3N3O. The highest BCUT2D eigenvalue weighted by atomic mass is 35.5. The van der Waals surface area contributed by atoms with Gasteiger partial charge in [0, 0.05) is 16.6 Å². The van der Waals surface area contributed by atoms with E-state index >= 15 is 0 Å². The summed E-state index contributed by atoms with van der Waals surface area (Å²) >= 11 is 17.6. The number of nitrogens with one attached hydrogen (secondary N) is 1. The zero-order chi connectivity index (χ0) is 15.4. The van der Waals surface area contributed by atoms with Gasteiger partial charge in [0.25, 0.3) is 5.91 Å². The van der Waals surface area contributed by atoms with Gasteiger partial charge in [-0.3, -0.25) is 4.79 Å². The predicted octanol–water partition coefficient (Wildman–Crippen LogP) is 3.60. The molecule has 2 aromatic rings. The van der Waals surface area contributed by atoms with E-state index in [0.717, 1.165) is 5.56 Å². The Balaban J connectivity index is 1.97. The average Bonchev–Trinajstić information content (AvgIpc) is 2.43. The normalized spacial score (nSPS) is 10.4. The Labute approximate surface area is 137 Å². The quantitative estimate of drug-likeness (QED) is 0.833. The van der Waals surface area contributed by atoms with E-state index in [1.54, 1.807) is 12.1 Å². The first-order valence-electron chi connectivity index (χ1n) is 6.10. The van der Waals surface area contributed by atoms with Crippen LogP contribution in [0.3, 0.4) is 0 Å². The van der Waals surface area contributed by atoms with Crippen LogP contribution in [0.1, 0.15) is 15.9 Å². The van der Waals surface area contributed by atoms with E-state index in [2.05, 4.69) is 10.3 Å². The molecule has 1 aromatic heterocycles. The Morgan fingerprint density at radius 1 is 1.24 bits per heavy atom. The summed E-state index contributed by atoms with van der Waals surface area (Å²) in [5, 5.41) is 4.13. The topological polar surface area (TPSA) is 68.0 Å². The fourth-order valence-electron chi connectivity index (χ4n) is 1.77. The van der Waals surface area contributed by atoms with Crippen molar-refractivity contribution in [1.82, 2.24) is 10.3 Å².